The minimum absolute atomic E-state index is 0.258. The second-order valence-electron chi connectivity index (χ2n) is 7.41. The van der Waals surface area contributed by atoms with E-state index in [-0.39, 0.29) is 5.91 Å². The zero-order valence-electron chi connectivity index (χ0n) is 15.4. The van der Waals surface area contributed by atoms with E-state index in [1.807, 2.05) is 17.9 Å². The van der Waals surface area contributed by atoms with Crippen LogP contribution in [0.4, 0.5) is 0 Å². The monoisotopic (exact) mass is 349 g/mol. The van der Waals surface area contributed by atoms with E-state index in [0.717, 1.165) is 56.9 Å². The Bertz CT molecular complexity index is 606. The molecule has 6 nitrogen and oxygen atoms in total. The highest BCUT2D eigenvalue weighted by molar-refractivity contribution is 5.77. The first-order valence-electron chi connectivity index (χ1n) is 9.34. The molecule has 1 aromatic rings. The molecule has 1 amide bonds. The van der Waals surface area contributed by atoms with Crippen LogP contribution in [-0.4, -0.2) is 74.9 Å². The molecule has 2 heterocycles. The van der Waals surface area contributed by atoms with Crippen LogP contribution in [0.3, 0.4) is 0 Å². The molecule has 0 unspecified atom stereocenters. The molecule has 0 aromatic heterocycles. The van der Waals surface area contributed by atoms with Gasteiger partial charge in [0.15, 0.2) is 6.54 Å². The van der Waals surface area contributed by atoms with Gasteiger partial charge in [0, 0.05) is 18.7 Å². The van der Waals surface area contributed by atoms with Gasteiger partial charge in [-0.15, -0.1) is 0 Å². The van der Waals surface area contributed by atoms with E-state index in [0.29, 0.717) is 25.5 Å². The molecule has 138 valence electrons. The highest BCUT2D eigenvalue weighted by Gasteiger charge is 2.28. The predicted molar refractivity (Wildman–Crippen MR) is 94.9 cm³/mol. The van der Waals surface area contributed by atoms with E-state index in [9.17, 15) is 9.90 Å². The number of phenolic OH excluding ortho intramolecular Hbond substituents is 1. The van der Waals surface area contributed by atoms with Crippen LogP contribution in [0.15, 0.2) is 12.1 Å². The van der Waals surface area contributed by atoms with Gasteiger partial charge in [-0.3, -0.25) is 4.79 Å². The minimum atomic E-state index is 0.258. The Kier molecular flexibility index (Phi) is 5.93. The number of nitrogens with one attached hydrogen (secondary N) is 2. The van der Waals surface area contributed by atoms with E-state index in [1.165, 1.54) is 15.4 Å². The van der Waals surface area contributed by atoms with E-state index >= 15 is 0 Å². The lowest BCUT2D eigenvalue weighted by Crippen LogP contribution is -3.28. The molecule has 3 rings (SSSR count). The lowest BCUT2D eigenvalue weighted by Gasteiger charge is -2.32. The normalized spacial score (nSPS) is 24.3. The Morgan fingerprint density at radius 3 is 2.36 bits per heavy atom. The van der Waals surface area contributed by atoms with Gasteiger partial charge in [-0.05, 0) is 37.1 Å². The first-order valence-corrected chi connectivity index (χ1v) is 9.34. The number of benzene rings is 1. The summed E-state index contributed by atoms with van der Waals surface area (Å²) in [5.74, 6) is 0.668. The van der Waals surface area contributed by atoms with Crippen LogP contribution in [0.25, 0.3) is 0 Å². The Labute approximate surface area is 150 Å². The zero-order chi connectivity index (χ0) is 17.8. The number of aromatic hydroxyl groups is 1. The summed E-state index contributed by atoms with van der Waals surface area (Å²) >= 11 is 0. The van der Waals surface area contributed by atoms with Crippen molar-refractivity contribution in [2.45, 2.75) is 20.4 Å². The van der Waals surface area contributed by atoms with Crippen LogP contribution in [0, 0.1) is 13.8 Å². The number of carbonyl (C=O) groups is 1. The Morgan fingerprint density at radius 2 is 1.68 bits per heavy atom. The summed E-state index contributed by atoms with van der Waals surface area (Å²) in [5, 5.41) is 10.2. The molecule has 2 fully saturated rings. The molecule has 2 aliphatic heterocycles. The van der Waals surface area contributed by atoms with Gasteiger partial charge in [-0.1, -0.05) is 0 Å². The molecule has 0 spiro atoms. The van der Waals surface area contributed by atoms with Crippen LogP contribution in [0.1, 0.15) is 16.7 Å². The quantitative estimate of drug-likeness (QED) is 0.598. The van der Waals surface area contributed by atoms with Gasteiger partial charge in [0.25, 0.3) is 5.91 Å². The summed E-state index contributed by atoms with van der Waals surface area (Å²) in [7, 11) is 0. The molecule has 25 heavy (non-hydrogen) atoms. The molecule has 2 saturated heterocycles. The topological polar surface area (TPSA) is 58.7 Å². The number of amides is 1. The van der Waals surface area contributed by atoms with Gasteiger partial charge < -0.3 is 24.5 Å². The summed E-state index contributed by atoms with van der Waals surface area (Å²) in [6.45, 7) is 12.5. The summed E-state index contributed by atoms with van der Waals surface area (Å²) in [4.78, 5) is 17.2. The SMILES string of the molecule is Cc1cc(O)c(C[NH+]2CC[NH+](CC(=O)N3CCOCC3)CC2)cc1C. The van der Waals surface area contributed by atoms with Crippen LogP contribution in [-0.2, 0) is 16.1 Å². The first-order chi connectivity index (χ1) is 12.0. The molecule has 0 aliphatic carbocycles. The van der Waals surface area contributed by atoms with Crippen LogP contribution >= 0.6 is 0 Å². The maximum Gasteiger partial charge on any atom is 0.277 e. The van der Waals surface area contributed by atoms with Crippen LogP contribution < -0.4 is 9.80 Å². The first kappa shape index (κ1) is 18.2. The van der Waals surface area contributed by atoms with Crippen molar-refractivity contribution in [2.75, 3.05) is 59.0 Å². The minimum Gasteiger partial charge on any atom is -0.507 e. The van der Waals surface area contributed by atoms with Gasteiger partial charge in [0.05, 0.1) is 13.2 Å². The standard InChI is InChI=1S/C19H29N3O3/c1-15-11-17(18(23)12-16(15)2)13-20-3-5-21(6-4-20)14-19(24)22-7-9-25-10-8-22/h11-12,23H,3-10,13-14H2,1-2H3/p+2. The largest absolute Gasteiger partial charge is 0.507 e. The third-order valence-electron chi connectivity index (χ3n) is 5.56. The number of aryl methyl sites for hydroxylation is 2. The molecule has 0 bridgehead atoms. The maximum absolute atomic E-state index is 12.4. The van der Waals surface area contributed by atoms with Gasteiger partial charge in [-0.25, -0.2) is 0 Å². The second kappa shape index (κ2) is 8.17. The number of phenols is 1. The van der Waals surface area contributed by atoms with E-state index in [4.69, 9.17) is 4.74 Å². The number of hydrogen-bond acceptors (Lipinski definition) is 3. The highest BCUT2D eigenvalue weighted by atomic mass is 16.5. The molecule has 3 N–H and O–H groups in total. The van der Waals surface area contributed by atoms with E-state index in [1.54, 1.807) is 0 Å². The average molecular weight is 349 g/mol. The maximum atomic E-state index is 12.4. The molecule has 2 aliphatic rings. The van der Waals surface area contributed by atoms with Crippen LogP contribution in [0.5, 0.6) is 5.75 Å². The third-order valence-corrected chi connectivity index (χ3v) is 5.56. The molecule has 0 atom stereocenters. The smallest absolute Gasteiger partial charge is 0.277 e. The van der Waals surface area contributed by atoms with E-state index < -0.39 is 0 Å². The van der Waals surface area contributed by atoms with Crippen molar-refractivity contribution < 1.29 is 24.4 Å². The zero-order valence-corrected chi connectivity index (χ0v) is 15.4. The summed E-state index contributed by atoms with van der Waals surface area (Å²) in [6.07, 6.45) is 0. The van der Waals surface area contributed by atoms with Crippen molar-refractivity contribution >= 4 is 5.91 Å². The van der Waals surface area contributed by atoms with Crippen molar-refractivity contribution in [3.05, 3.63) is 28.8 Å². The molecule has 6 heteroatoms. The van der Waals surface area contributed by atoms with Crippen molar-refractivity contribution in [2.24, 2.45) is 0 Å². The fourth-order valence-corrected chi connectivity index (χ4v) is 3.72. The second-order valence-corrected chi connectivity index (χ2v) is 7.41. The predicted octanol–water partition coefficient (Wildman–Crippen LogP) is -1.85. The van der Waals surface area contributed by atoms with E-state index in [2.05, 4.69) is 13.0 Å². The number of nitrogens with zero attached hydrogens (tertiary/aromatic N) is 1. The lowest BCUT2D eigenvalue weighted by molar-refractivity contribution is -1.02. The number of carbonyl (C=O) groups excluding carboxylic acids is 1. The van der Waals surface area contributed by atoms with Gasteiger partial charge in [0.2, 0.25) is 0 Å². The Balaban J connectivity index is 1.47. The summed E-state index contributed by atoms with van der Waals surface area (Å²) < 4.78 is 5.31. The average Bonchev–Trinajstić information content (AvgIpc) is 2.62. The van der Waals surface area contributed by atoms with Crippen molar-refractivity contribution in [3.8, 4) is 5.75 Å². The molecular formula is C19H31N3O3+2. The van der Waals surface area contributed by atoms with Gasteiger partial charge in [0.1, 0.15) is 38.5 Å². The van der Waals surface area contributed by atoms with Crippen molar-refractivity contribution in [3.63, 3.8) is 0 Å². The molecule has 0 radical (unpaired) electrons. The van der Waals surface area contributed by atoms with Gasteiger partial charge >= 0.3 is 0 Å². The Morgan fingerprint density at radius 1 is 1.08 bits per heavy atom. The molecular weight excluding hydrogens is 318 g/mol. The molecule has 1 aromatic carbocycles. The summed E-state index contributed by atoms with van der Waals surface area (Å²) in [6, 6.07) is 3.98. The fourth-order valence-electron chi connectivity index (χ4n) is 3.72. The third kappa shape index (κ3) is 4.71. The Hall–Kier alpha value is -1.63. The van der Waals surface area contributed by atoms with Crippen molar-refractivity contribution in [1.29, 1.82) is 0 Å². The fraction of sp³-hybridized carbons (Fsp3) is 0.632. The summed E-state index contributed by atoms with van der Waals surface area (Å²) in [5.41, 5.74) is 3.39. The number of ether oxygens (including phenoxy) is 1. The highest BCUT2D eigenvalue weighted by Crippen LogP contribution is 2.20. The number of morpholine rings is 1. The molecule has 0 saturated carbocycles. The van der Waals surface area contributed by atoms with Gasteiger partial charge in [-0.2, -0.15) is 0 Å². The lowest BCUT2D eigenvalue weighted by atomic mass is 10.0. The number of hydrogen-bond donors (Lipinski definition) is 3. The van der Waals surface area contributed by atoms with Crippen LogP contribution in [0.2, 0.25) is 0 Å². The number of rotatable bonds is 4. The number of quaternary nitrogens is 2. The van der Waals surface area contributed by atoms with Crippen molar-refractivity contribution in [1.82, 2.24) is 4.90 Å². The number of piperazine rings is 1.